The van der Waals surface area contributed by atoms with E-state index in [1.807, 2.05) is 37.3 Å². The van der Waals surface area contributed by atoms with Gasteiger partial charge in [-0.15, -0.1) is 0 Å². The molecule has 0 unspecified atom stereocenters. The van der Waals surface area contributed by atoms with E-state index in [4.69, 9.17) is 0 Å². The fraction of sp³-hybridized carbons (Fsp3) is 0.211. The van der Waals surface area contributed by atoms with Crippen LogP contribution in [0, 0.1) is 6.92 Å². The van der Waals surface area contributed by atoms with Gasteiger partial charge in [-0.05, 0) is 42.8 Å². The smallest absolute Gasteiger partial charge is 0.329 e. The Labute approximate surface area is 164 Å². The number of aromatic nitrogens is 2. The number of aryl methyl sites for hydroxylation is 2. The first-order chi connectivity index (χ1) is 12.9. The monoisotopic (exact) mass is 430 g/mol. The number of para-hydroxylation sites is 2. The zero-order chi connectivity index (χ0) is 19.6. The molecule has 3 rings (SSSR count). The highest BCUT2D eigenvalue weighted by Gasteiger charge is 2.14. The Bertz CT molecular complexity index is 1080. The van der Waals surface area contributed by atoms with Crippen molar-refractivity contribution >= 4 is 44.5 Å². The Balaban J connectivity index is 1.63. The number of anilines is 1. The van der Waals surface area contributed by atoms with Gasteiger partial charge in [0.05, 0.1) is 17.6 Å². The van der Waals surface area contributed by atoms with Crippen LogP contribution in [0.1, 0.15) is 5.56 Å². The van der Waals surface area contributed by atoms with Crippen molar-refractivity contribution < 1.29 is 9.59 Å². The van der Waals surface area contributed by atoms with Crippen molar-refractivity contribution in [3.8, 4) is 0 Å². The average molecular weight is 431 g/mol. The Hall–Kier alpha value is -2.87. The lowest BCUT2D eigenvalue weighted by Crippen LogP contribution is -2.37. The Kier molecular flexibility index (Phi) is 5.46. The third-order valence-electron chi connectivity index (χ3n) is 4.26. The first kappa shape index (κ1) is 18.9. The highest BCUT2D eigenvalue weighted by molar-refractivity contribution is 9.10. The zero-order valence-electron chi connectivity index (χ0n) is 15.0. The molecule has 2 N–H and O–H groups in total. The van der Waals surface area contributed by atoms with Gasteiger partial charge in [-0.2, -0.15) is 0 Å². The normalized spacial score (nSPS) is 10.8. The van der Waals surface area contributed by atoms with Crippen LogP contribution in [0.3, 0.4) is 0 Å². The summed E-state index contributed by atoms with van der Waals surface area (Å²) in [7, 11) is 1.66. The number of rotatable bonds is 5. The molecule has 0 bridgehead atoms. The lowest BCUT2D eigenvalue weighted by molar-refractivity contribution is -0.124. The van der Waals surface area contributed by atoms with Gasteiger partial charge < -0.3 is 10.6 Å². The van der Waals surface area contributed by atoms with E-state index in [1.54, 1.807) is 19.2 Å². The molecule has 0 radical (unpaired) electrons. The number of hydrogen-bond acceptors (Lipinski definition) is 3. The van der Waals surface area contributed by atoms with Gasteiger partial charge >= 0.3 is 5.69 Å². The van der Waals surface area contributed by atoms with E-state index in [0.29, 0.717) is 11.2 Å². The molecule has 1 heterocycles. The van der Waals surface area contributed by atoms with E-state index in [2.05, 4.69) is 26.6 Å². The summed E-state index contributed by atoms with van der Waals surface area (Å²) in [5.74, 6) is -0.741. The van der Waals surface area contributed by atoms with Crippen molar-refractivity contribution in [1.29, 1.82) is 0 Å². The number of fused-ring (bicyclic) bond motifs is 1. The van der Waals surface area contributed by atoms with E-state index in [9.17, 15) is 14.4 Å². The van der Waals surface area contributed by atoms with Crippen molar-refractivity contribution in [2.45, 2.75) is 13.5 Å². The highest BCUT2D eigenvalue weighted by atomic mass is 79.9. The molecular formula is C19H19BrN4O3. The molecule has 1 aromatic heterocycles. The lowest BCUT2D eigenvalue weighted by atomic mass is 10.2. The molecule has 0 fully saturated rings. The molecular weight excluding hydrogens is 412 g/mol. The van der Waals surface area contributed by atoms with Crippen LogP contribution in [-0.4, -0.2) is 27.5 Å². The number of carbonyl (C=O) groups is 2. The third-order valence-corrected chi connectivity index (χ3v) is 4.76. The molecule has 2 aromatic carbocycles. The number of imidazole rings is 1. The summed E-state index contributed by atoms with van der Waals surface area (Å²) in [5.41, 5.74) is 2.74. The summed E-state index contributed by atoms with van der Waals surface area (Å²) in [6.07, 6.45) is 0. The number of nitrogens with one attached hydrogen (secondary N) is 2. The maximum absolute atomic E-state index is 12.3. The summed E-state index contributed by atoms with van der Waals surface area (Å²) >= 11 is 3.37. The average Bonchev–Trinajstić information content (AvgIpc) is 2.88. The topological polar surface area (TPSA) is 85.1 Å². The Morgan fingerprint density at radius 2 is 1.78 bits per heavy atom. The lowest BCUT2D eigenvalue weighted by Gasteiger charge is -2.10. The second-order valence-electron chi connectivity index (χ2n) is 6.20. The fourth-order valence-corrected chi connectivity index (χ4v) is 3.33. The van der Waals surface area contributed by atoms with Gasteiger partial charge in [0.2, 0.25) is 11.8 Å². The second-order valence-corrected chi connectivity index (χ2v) is 7.12. The van der Waals surface area contributed by atoms with E-state index < -0.39 is 5.91 Å². The number of benzene rings is 2. The molecule has 3 aromatic rings. The maximum atomic E-state index is 12.3. The van der Waals surface area contributed by atoms with Gasteiger partial charge in [0, 0.05) is 17.2 Å². The van der Waals surface area contributed by atoms with Gasteiger partial charge in [-0.3, -0.25) is 18.7 Å². The minimum absolute atomic E-state index is 0.148. The van der Waals surface area contributed by atoms with Crippen LogP contribution in [-0.2, 0) is 23.2 Å². The Morgan fingerprint density at radius 3 is 2.48 bits per heavy atom. The Morgan fingerprint density at radius 1 is 1.07 bits per heavy atom. The first-order valence-electron chi connectivity index (χ1n) is 8.34. The SMILES string of the molecule is Cc1cc(Br)ccc1NC(=O)CNC(=O)Cn1c(=O)n(C)c2ccccc21. The van der Waals surface area contributed by atoms with Crippen molar-refractivity contribution in [2.75, 3.05) is 11.9 Å². The largest absolute Gasteiger partial charge is 0.345 e. The van der Waals surface area contributed by atoms with E-state index in [1.165, 1.54) is 9.13 Å². The van der Waals surface area contributed by atoms with E-state index in [0.717, 1.165) is 15.6 Å². The van der Waals surface area contributed by atoms with Crippen LogP contribution in [0.15, 0.2) is 51.7 Å². The number of halogens is 1. The van der Waals surface area contributed by atoms with Crippen LogP contribution >= 0.6 is 15.9 Å². The molecule has 7 nitrogen and oxygen atoms in total. The summed E-state index contributed by atoms with van der Waals surface area (Å²) in [4.78, 5) is 36.6. The van der Waals surface area contributed by atoms with Gasteiger partial charge in [0.15, 0.2) is 0 Å². The van der Waals surface area contributed by atoms with Crippen LogP contribution in [0.4, 0.5) is 5.69 Å². The maximum Gasteiger partial charge on any atom is 0.329 e. The summed E-state index contributed by atoms with van der Waals surface area (Å²) in [5, 5.41) is 5.31. The molecule has 0 aliphatic carbocycles. The van der Waals surface area contributed by atoms with Crippen molar-refractivity contribution in [3.63, 3.8) is 0 Å². The molecule has 0 aliphatic rings. The molecule has 0 atom stereocenters. The van der Waals surface area contributed by atoms with Crippen molar-refractivity contribution in [1.82, 2.24) is 14.5 Å². The van der Waals surface area contributed by atoms with Gasteiger partial charge in [0.1, 0.15) is 6.54 Å². The number of amides is 2. The molecule has 140 valence electrons. The standard InChI is InChI=1S/C19H19BrN4O3/c1-12-9-13(20)7-8-14(12)22-17(25)10-21-18(26)11-24-16-6-4-3-5-15(16)23(2)19(24)27/h3-9H,10-11H2,1-2H3,(H,21,26)(H,22,25). The number of carbonyl (C=O) groups excluding carboxylic acids is 2. The van der Waals surface area contributed by atoms with Gasteiger partial charge in [0.25, 0.3) is 0 Å². The summed E-state index contributed by atoms with van der Waals surface area (Å²) < 4.78 is 3.81. The predicted octanol–water partition coefficient (Wildman–Crippen LogP) is 2.17. The minimum atomic E-state index is -0.406. The first-order valence-corrected chi connectivity index (χ1v) is 9.13. The van der Waals surface area contributed by atoms with Gasteiger partial charge in [-0.25, -0.2) is 4.79 Å². The molecule has 0 saturated heterocycles. The van der Waals surface area contributed by atoms with Crippen LogP contribution in [0.5, 0.6) is 0 Å². The van der Waals surface area contributed by atoms with Crippen molar-refractivity contribution in [3.05, 3.63) is 63.0 Å². The predicted molar refractivity (Wildman–Crippen MR) is 108 cm³/mol. The van der Waals surface area contributed by atoms with E-state index in [-0.39, 0.29) is 24.7 Å². The molecule has 27 heavy (non-hydrogen) atoms. The third kappa shape index (κ3) is 4.11. The minimum Gasteiger partial charge on any atom is -0.345 e. The molecule has 0 spiro atoms. The van der Waals surface area contributed by atoms with Crippen LogP contribution in [0.2, 0.25) is 0 Å². The number of hydrogen-bond donors (Lipinski definition) is 2. The zero-order valence-corrected chi connectivity index (χ0v) is 16.5. The summed E-state index contributed by atoms with van der Waals surface area (Å²) in [6, 6.07) is 12.8. The summed E-state index contributed by atoms with van der Waals surface area (Å²) in [6.45, 7) is 1.56. The van der Waals surface area contributed by atoms with Crippen LogP contribution in [0.25, 0.3) is 11.0 Å². The highest BCUT2D eigenvalue weighted by Crippen LogP contribution is 2.19. The van der Waals surface area contributed by atoms with Crippen molar-refractivity contribution in [2.24, 2.45) is 7.05 Å². The second kappa shape index (κ2) is 7.79. The molecule has 0 saturated carbocycles. The number of nitrogens with zero attached hydrogens (tertiary/aromatic N) is 2. The molecule has 8 heteroatoms. The quantitative estimate of drug-likeness (QED) is 0.650. The van der Waals surface area contributed by atoms with Crippen LogP contribution < -0.4 is 16.3 Å². The van der Waals surface area contributed by atoms with E-state index >= 15 is 0 Å². The molecule has 0 aliphatic heterocycles. The van der Waals surface area contributed by atoms with Gasteiger partial charge in [-0.1, -0.05) is 28.1 Å². The fourth-order valence-electron chi connectivity index (χ4n) is 2.86. The molecule has 2 amide bonds.